The van der Waals surface area contributed by atoms with Gasteiger partial charge in [0.1, 0.15) is 17.5 Å². The second-order valence-electron chi connectivity index (χ2n) is 5.14. The topological polar surface area (TPSA) is 67.1 Å². The molecule has 0 aromatic carbocycles. The average molecular weight is 263 g/mol. The SMILES string of the molecule is CCc1nc(N)c(C)c(NCCN(CC)C2CC2)n1. The van der Waals surface area contributed by atoms with Gasteiger partial charge in [0.25, 0.3) is 0 Å². The summed E-state index contributed by atoms with van der Waals surface area (Å²) in [7, 11) is 0. The van der Waals surface area contributed by atoms with Crippen LogP contribution in [0.15, 0.2) is 0 Å². The van der Waals surface area contributed by atoms with Crippen LogP contribution in [-0.4, -0.2) is 40.5 Å². The third kappa shape index (κ3) is 3.56. The van der Waals surface area contributed by atoms with E-state index in [1.165, 1.54) is 12.8 Å². The molecular formula is C14H25N5. The minimum Gasteiger partial charge on any atom is -0.383 e. The van der Waals surface area contributed by atoms with E-state index < -0.39 is 0 Å². The lowest BCUT2D eigenvalue weighted by Crippen LogP contribution is -2.31. The van der Waals surface area contributed by atoms with Gasteiger partial charge in [-0.15, -0.1) is 0 Å². The quantitative estimate of drug-likeness (QED) is 0.785. The highest BCUT2D eigenvalue weighted by atomic mass is 15.2. The molecule has 0 spiro atoms. The van der Waals surface area contributed by atoms with E-state index in [2.05, 4.69) is 27.1 Å². The van der Waals surface area contributed by atoms with Crippen molar-refractivity contribution in [2.75, 3.05) is 30.7 Å². The van der Waals surface area contributed by atoms with Crippen molar-refractivity contribution in [2.24, 2.45) is 0 Å². The van der Waals surface area contributed by atoms with Crippen molar-refractivity contribution in [1.82, 2.24) is 14.9 Å². The van der Waals surface area contributed by atoms with E-state index in [1.54, 1.807) is 0 Å². The van der Waals surface area contributed by atoms with E-state index in [1.807, 2.05) is 13.8 Å². The third-order valence-electron chi connectivity index (χ3n) is 3.71. The van der Waals surface area contributed by atoms with Crippen LogP contribution in [0.3, 0.4) is 0 Å². The largest absolute Gasteiger partial charge is 0.383 e. The second kappa shape index (κ2) is 6.19. The van der Waals surface area contributed by atoms with E-state index >= 15 is 0 Å². The molecule has 2 rings (SSSR count). The van der Waals surface area contributed by atoms with Crippen molar-refractivity contribution >= 4 is 11.6 Å². The first-order valence-electron chi connectivity index (χ1n) is 7.26. The Hall–Kier alpha value is -1.36. The molecule has 3 N–H and O–H groups in total. The molecule has 1 aliphatic rings. The van der Waals surface area contributed by atoms with Crippen LogP contribution in [0.4, 0.5) is 11.6 Å². The molecular weight excluding hydrogens is 238 g/mol. The van der Waals surface area contributed by atoms with Crippen LogP contribution >= 0.6 is 0 Å². The molecule has 1 fully saturated rings. The lowest BCUT2D eigenvalue weighted by atomic mass is 10.3. The normalized spacial score (nSPS) is 14.9. The number of rotatable bonds is 7. The minimum atomic E-state index is 0.587. The maximum Gasteiger partial charge on any atom is 0.134 e. The Morgan fingerprint density at radius 3 is 2.63 bits per heavy atom. The Bertz CT molecular complexity index is 428. The third-order valence-corrected chi connectivity index (χ3v) is 3.71. The Balaban J connectivity index is 1.92. The first kappa shape index (κ1) is 14.1. The molecule has 1 saturated carbocycles. The Labute approximate surface area is 115 Å². The summed E-state index contributed by atoms with van der Waals surface area (Å²) < 4.78 is 0. The molecule has 5 heteroatoms. The van der Waals surface area contributed by atoms with E-state index in [0.29, 0.717) is 5.82 Å². The first-order chi connectivity index (χ1) is 9.15. The summed E-state index contributed by atoms with van der Waals surface area (Å²) in [5.41, 5.74) is 6.86. The molecule has 0 amide bonds. The highest BCUT2D eigenvalue weighted by molar-refractivity contribution is 5.54. The summed E-state index contributed by atoms with van der Waals surface area (Å²) in [6.07, 6.45) is 3.52. The maximum atomic E-state index is 5.91. The number of nitrogen functional groups attached to an aromatic ring is 1. The molecule has 5 nitrogen and oxygen atoms in total. The Morgan fingerprint density at radius 2 is 2.05 bits per heavy atom. The summed E-state index contributed by atoms with van der Waals surface area (Å²) in [5.74, 6) is 2.28. The van der Waals surface area contributed by atoms with Crippen LogP contribution in [0.25, 0.3) is 0 Å². The monoisotopic (exact) mass is 263 g/mol. The summed E-state index contributed by atoms with van der Waals surface area (Å²) in [6, 6.07) is 0.814. The molecule has 1 aromatic rings. The van der Waals surface area contributed by atoms with Crippen molar-refractivity contribution in [3.63, 3.8) is 0 Å². The number of aromatic nitrogens is 2. The lowest BCUT2D eigenvalue weighted by molar-refractivity contribution is 0.289. The van der Waals surface area contributed by atoms with Crippen LogP contribution in [0.2, 0.25) is 0 Å². The number of hydrogen-bond donors (Lipinski definition) is 2. The van der Waals surface area contributed by atoms with Crippen molar-refractivity contribution in [1.29, 1.82) is 0 Å². The van der Waals surface area contributed by atoms with Crippen LogP contribution in [0.1, 0.15) is 38.1 Å². The number of nitrogens with zero attached hydrogens (tertiary/aromatic N) is 3. The molecule has 1 aromatic heterocycles. The molecule has 0 unspecified atom stereocenters. The predicted molar refractivity (Wildman–Crippen MR) is 79.3 cm³/mol. The number of aryl methyl sites for hydroxylation is 1. The number of hydrogen-bond acceptors (Lipinski definition) is 5. The molecule has 1 aliphatic carbocycles. The van der Waals surface area contributed by atoms with Crippen molar-refractivity contribution in [2.45, 2.75) is 46.1 Å². The zero-order valence-corrected chi connectivity index (χ0v) is 12.2. The van der Waals surface area contributed by atoms with Gasteiger partial charge >= 0.3 is 0 Å². The summed E-state index contributed by atoms with van der Waals surface area (Å²) in [4.78, 5) is 11.3. The van der Waals surface area contributed by atoms with Crippen molar-refractivity contribution in [3.8, 4) is 0 Å². The fourth-order valence-electron chi connectivity index (χ4n) is 2.27. The van der Waals surface area contributed by atoms with E-state index in [4.69, 9.17) is 5.73 Å². The number of nitrogens with one attached hydrogen (secondary N) is 1. The summed E-state index contributed by atoms with van der Waals surface area (Å²) >= 11 is 0. The maximum absolute atomic E-state index is 5.91. The standard InChI is InChI=1S/C14H25N5/c1-4-12-17-13(15)10(3)14(18-12)16-8-9-19(5-2)11-6-7-11/h11H,4-9H2,1-3H3,(H3,15,16,17,18). The summed E-state index contributed by atoms with van der Waals surface area (Å²) in [6.45, 7) is 9.32. The lowest BCUT2D eigenvalue weighted by Gasteiger charge is -2.20. The molecule has 106 valence electrons. The van der Waals surface area contributed by atoms with Gasteiger partial charge in [0, 0.05) is 31.1 Å². The van der Waals surface area contributed by atoms with Gasteiger partial charge < -0.3 is 11.1 Å². The first-order valence-corrected chi connectivity index (χ1v) is 7.26. The zero-order valence-electron chi connectivity index (χ0n) is 12.2. The summed E-state index contributed by atoms with van der Waals surface area (Å²) in [5, 5.41) is 3.40. The van der Waals surface area contributed by atoms with Gasteiger partial charge in [-0.25, -0.2) is 9.97 Å². The van der Waals surface area contributed by atoms with Crippen molar-refractivity contribution < 1.29 is 0 Å². The second-order valence-corrected chi connectivity index (χ2v) is 5.14. The Kier molecular flexibility index (Phi) is 4.58. The number of nitrogens with two attached hydrogens (primary N) is 1. The molecule has 0 saturated heterocycles. The number of likely N-dealkylation sites (N-methyl/N-ethyl adjacent to an activating group) is 1. The Morgan fingerprint density at radius 1 is 1.32 bits per heavy atom. The molecule has 0 radical (unpaired) electrons. The molecule has 0 bridgehead atoms. The highest BCUT2D eigenvalue weighted by Crippen LogP contribution is 2.26. The minimum absolute atomic E-state index is 0.587. The van der Waals surface area contributed by atoms with Gasteiger partial charge in [0.15, 0.2) is 0 Å². The van der Waals surface area contributed by atoms with Crippen LogP contribution in [-0.2, 0) is 6.42 Å². The van der Waals surface area contributed by atoms with E-state index in [-0.39, 0.29) is 0 Å². The molecule has 0 atom stereocenters. The van der Waals surface area contributed by atoms with Gasteiger partial charge in [-0.1, -0.05) is 13.8 Å². The zero-order chi connectivity index (χ0) is 13.8. The van der Waals surface area contributed by atoms with E-state index in [9.17, 15) is 0 Å². The fraction of sp³-hybridized carbons (Fsp3) is 0.714. The van der Waals surface area contributed by atoms with Crippen LogP contribution < -0.4 is 11.1 Å². The van der Waals surface area contributed by atoms with Crippen LogP contribution in [0, 0.1) is 6.92 Å². The van der Waals surface area contributed by atoms with Gasteiger partial charge in [-0.2, -0.15) is 0 Å². The number of anilines is 2. The molecule has 19 heavy (non-hydrogen) atoms. The van der Waals surface area contributed by atoms with Crippen molar-refractivity contribution in [3.05, 3.63) is 11.4 Å². The van der Waals surface area contributed by atoms with Crippen LogP contribution in [0.5, 0.6) is 0 Å². The predicted octanol–water partition coefficient (Wildman–Crippen LogP) is 1.83. The fourth-order valence-corrected chi connectivity index (χ4v) is 2.27. The van der Waals surface area contributed by atoms with Gasteiger partial charge in [0.05, 0.1) is 0 Å². The van der Waals surface area contributed by atoms with E-state index in [0.717, 1.165) is 49.3 Å². The average Bonchev–Trinajstić information content (AvgIpc) is 3.23. The molecule has 0 aliphatic heterocycles. The highest BCUT2D eigenvalue weighted by Gasteiger charge is 2.27. The van der Waals surface area contributed by atoms with Gasteiger partial charge in [0.2, 0.25) is 0 Å². The smallest absolute Gasteiger partial charge is 0.134 e. The van der Waals surface area contributed by atoms with Gasteiger partial charge in [-0.05, 0) is 26.3 Å². The van der Waals surface area contributed by atoms with Gasteiger partial charge in [-0.3, -0.25) is 4.90 Å². The molecule has 1 heterocycles.